The number of hydrogen-bond acceptors (Lipinski definition) is 5. The molecular formula is C23H29N3O5. The van der Waals surface area contributed by atoms with Crippen molar-refractivity contribution < 1.29 is 23.9 Å². The van der Waals surface area contributed by atoms with E-state index in [1.54, 1.807) is 64.3 Å². The summed E-state index contributed by atoms with van der Waals surface area (Å²) in [6.45, 7) is 5.85. The van der Waals surface area contributed by atoms with Gasteiger partial charge in [-0.25, -0.2) is 4.79 Å². The van der Waals surface area contributed by atoms with Gasteiger partial charge in [0.25, 0.3) is 5.91 Å². The zero-order valence-corrected chi connectivity index (χ0v) is 18.3. The monoisotopic (exact) mass is 427 g/mol. The Balaban J connectivity index is 1.75. The minimum absolute atomic E-state index is 0.147. The largest absolute Gasteiger partial charge is 0.497 e. The topological polar surface area (TPSA) is 106 Å². The summed E-state index contributed by atoms with van der Waals surface area (Å²) in [7, 11) is 1.55. The maximum atomic E-state index is 12.3. The molecule has 2 aromatic rings. The fraction of sp³-hybridized carbons (Fsp3) is 0.348. The van der Waals surface area contributed by atoms with Crippen molar-refractivity contribution >= 4 is 23.6 Å². The number of methoxy groups -OCH3 is 1. The predicted octanol–water partition coefficient (Wildman–Crippen LogP) is 3.48. The van der Waals surface area contributed by atoms with E-state index in [1.807, 2.05) is 12.1 Å². The summed E-state index contributed by atoms with van der Waals surface area (Å²) < 4.78 is 10.2. The molecule has 0 aromatic heterocycles. The normalized spacial score (nSPS) is 10.7. The second-order valence-electron chi connectivity index (χ2n) is 7.84. The minimum Gasteiger partial charge on any atom is -0.497 e. The van der Waals surface area contributed by atoms with Gasteiger partial charge in [0, 0.05) is 30.8 Å². The third-order valence-corrected chi connectivity index (χ3v) is 4.05. The van der Waals surface area contributed by atoms with E-state index in [1.165, 1.54) is 0 Å². The number of alkyl carbamates (subject to hydrolysis) is 1. The van der Waals surface area contributed by atoms with E-state index < -0.39 is 11.7 Å². The summed E-state index contributed by atoms with van der Waals surface area (Å²) in [5.41, 5.74) is 1.44. The second kappa shape index (κ2) is 11.0. The highest BCUT2D eigenvalue weighted by Crippen LogP contribution is 2.15. The molecule has 0 saturated heterocycles. The van der Waals surface area contributed by atoms with Gasteiger partial charge >= 0.3 is 6.09 Å². The number of amides is 3. The van der Waals surface area contributed by atoms with Crippen LogP contribution in [0.15, 0.2) is 48.5 Å². The molecule has 3 amide bonds. The van der Waals surface area contributed by atoms with Crippen LogP contribution in [0.3, 0.4) is 0 Å². The van der Waals surface area contributed by atoms with Crippen molar-refractivity contribution in [3.63, 3.8) is 0 Å². The molecule has 0 bridgehead atoms. The van der Waals surface area contributed by atoms with Gasteiger partial charge in [0.1, 0.15) is 11.4 Å². The van der Waals surface area contributed by atoms with Gasteiger partial charge in [-0.3, -0.25) is 9.59 Å². The number of carbonyl (C=O) groups is 3. The molecule has 0 saturated carbocycles. The average molecular weight is 428 g/mol. The van der Waals surface area contributed by atoms with Crippen LogP contribution in [0, 0.1) is 0 Å². The van der Waals surface area contributed by atoms with Gasteiger partial charge in [0.15, 0.2) is 0 Å². The van der Waals surface area contributed by atoms with E-state index in [0.29, 0.717) is 23.5 Å². The van der Waals surface area contributed by atoms with Crippen molar-refractivity contribution in [2.75, 3.05) is 19.0 Å². The van der Waals surface area contributed by atoms with Gasteiger partial charge in [-0.2, -0.15) is 0 Å². The molecule has 0 aliphatic heterocycles. The van der Waals surface area contributed by atoms with Gasteiger partial charge in [0.2, 0.25) is 5.91 Å². The second-order valence-corrected chi connectivity index (χ2v) is 7.84. The first kappa shape index (κ1) is 23.7. The van der Waals surface area contributed by atoms with E-state index in [-0.39, 0.29) is 24.8 Å². The first-order chi connectivity index (χ1) is 14.7. The summed E-state index contributed by atoms with van der Waals surface area (Å²) >= 11 is 0. The Morgan fingerprint density at radius 2 is 1.68 bits per heavy atom. The van der Waals surface area contributed by atoms with E-state index in [9.17, 15) is 14.4 Å². The number of carbonyl (C=O) groups excluding carboxylic acids is 3. The number of hydrogen-bond donors (Lipinski definition) is 3. The molecule has 8 nitrogen and oxygen atoms in total. The molecule has 2 rings (SSSR count). The van der Waals surface area contributed by atoms with Gasteiger partial charge in [-0.05, 0) is 56.7 Å². The Labute approximate surface area is 182 Å². The first-order valence-electron chi connectivity index (χ1n) is 9.94. The van der Waals surface area contributed by atoms with Crippen molar-refractivity contribution in [3.8, 4) is 5.75 Å². The summed E-state index contributed by atoms with van der Waals surface area (Å²) in [6, 6.07) is 14.1. The van der Waals surface area contributed by atoms with Gasteiger partial charge in [-0.1, -0.05) is 18.2 Å². The lowest BCUT2D eigenvalue weighted by atomic mass is 10.1. The molecule has 2 aromatic carbocycles. The van der Waals surface area contributed by atoms with Gasteiger partial charge in [0.05, 0.1) is 7.11 Å². The lowest BCUT2D eigenvalue weighted by molar-refractivity contribution is -0.121. The van der Waals surface area contributed by atoms with Crippen molar-refractivity contribution in [1.82, 2.24) is 10.6 Å². The Bertz CT molecular complexity index is 904. The summed E-state index contributed by atoms with van der Waals surface area (Å²) in [4.78, 5) is 35.8. The number of rotatable bonds is 8. The highest BCUT2D eigenvalue weighted by molar-refractivity contribution is 6.04. The molecule has 0 heterocycles. The van der Waals surface area contributed by atoms with Crippen LogP contribution in [0.2, 0.25) is 0 Å². The van der Waals surface area contributed by atoms with Gasteiger partial charge in [-0.15, -0.1) is 0 Å². The summed E-state index contributed by atoms with van der Waals surface area (Å²) in [5.74, 6) is 0.184. The van der Waals surface area contributed by atoms with Crippen LogP contribution in [0.5, 0.6) is 5.75 Å². The van der Waals surface area contributed by atoms with Crippen LogP contribution in [-0.2, 0) is 16.1 Å². The van der Waals surface area contributed by atoms with E-state index in [4.69, 9.17) is 9.47 Å². The lowest BCUT2D eigenvalue weighted by Crippen LogP contribution is -2.35. The van der Waals surface area contributed by atoms with E-state index in [2.05, 4.69) is 16.0 Å². The lowest BCUT2D eigenvalue weighted by Gasteiger charge is -2.19. The van der Waals surface area contributed by atoms with Crippen LogP contribution in [-0.4, -0.2) is 37.2 Å². The zero-order valence-electron chi connectivity index (χ0n) is 18.3. The van der Waals surface area contributed by atoms with Crippen LogP contribution in [0.4, 0.5) is 10.5 Å². The molecule has 0 fully saturated rings. The van der Waals surface area contributed by atoms with Crippen LogP contribution < -0.4 is 20.7 Å². The molecule has 0 atom stereocenters. The van der Waals surface area contributed by atoms with Crippen molar-refractivity contribution in [2.24, 2.45) is 0 Å². The highest BCUT2D eigenvalue weighted by Gasteiger charge is 2.15. The Kier molecular flexibility index (Phi) is 8.43. The van der Waals surface area contributed by atoms with Crippen LogP contribution >= 0.6 is 0 Å². The summed E-state index contributed by atoms with van der Waals surface area (Å²) in [5, 5.41) is 8.15. The molecule has 0 aliphatic rings. The van der Waals surface area contributed by atoms with E-state index >= 15 is 0 Å². The maximum Gasteiger partial charge on any atom is 0.407 e. The molecule has 8 heteroatoms. The maximum absolute atomic E-state index is 12.3. The molecule has 31 heavy (non-hydrogen) atoms. The number of benzene rings is 2. The Morgan fingerprint density at radius 3 is 2.32 bits per heavy atom. The molecule has 3 N–H and O–H groups in total. The average Bonchev–Trinajstić information content (AvgIpc) is 2.72. The SMILES string of the molecule is COc1cccc(C(=O)Nc2ccc(CNC(=O)CCNC(=O)OC(C)(C)C)cc2)c1. The molecule has 0 aliphatic carbocycles. The van der Waals surface area contributed by atoms with E-state index in [0.717, 1.165) is 5.56 Å². The van der Waals surface area contributed by atoms with Crippen LogP contribution in [0.1, 0.15) is 43.1 Å². The Morgan fingerprint density at radius 1 is 0.968 bits per heavy atom. The van der Waals surface area contributed by atoms with Crippen molar-refractivity contribution in [1.29, 1.82) is 0 Å². The van der Waals surface area contributed by atoms with Crippen molar-refractivity contribution in [2.45, 2.75) is 39.3 Å². The molecule has 0 radical (unpaired) electrons. The molecule has 0 unspecified atom stereocenters. The predicted molar refractivity (Wildman–Crippen MR) is 118 cm³/mol. The molecular weight excluding hydrogens is 398 g/mol. The summed E-state index contributed by atoms with van der Waals surface area (Å²) in [6.07, 6.45) is -0.402. The van der Waals surface area contributed by atoms with Crippen LogP contribution in [0.25, 0.3) is 0 Å². The number of anilines is 1. The quantitative estimate of drug-likeness (QED) is 0.598. The first-order valence-corrected chi connectivity index (χ1v) is 9.94. The number of nitrogens with one attached hydrogen (secondary N) is 3. The third kappa shape index (κ3) is 8.77. The molecule has 166 valence electrons. The molecule has 0 spiro atoms. The third-order valence-electron chi connectivity index (χ3n) is 4.05. The fourth-order valence-corrected chi connectivity index (χ4v) is 2.55. The standard InChI is InChI=1S/C23H29N3O5/c1-23(2,3)31-22(29)24-13-12-20(27)25-15-16-8-10-18(11-9-16)26-21(28)17-6-5-7-19(14-17)30-4/h5-11,14H,12-13,15H2,1-4H3,(H,24,29)(H,25,27)(H,26,28). The smallest absolute Gasteiger partial charge is 0.407 e. The highest BCUT2D eigenvalue weighted by atomic mass is 16.6. The Hall–Kier alpha value is -3.55. The fourth-order valence-electron chi connectivity index (χ4n) is 2.55. The van der Waals surface area contributed by atoms with Crippen molar-refractivity contribution in [3.05, 3.63) is 59.7 Å². The zero-order chi connectivity index (χ0) is 22.9. The number of ether oxygens (including phenoxy) is 2. The minimum atomic E-state index is -0.577. The van der Waals surface area contributed by atoms with Gasteiger partial charge < -0.3 is 25.4 Å².